The summed E-state index contributed by atoms with van der Waals surface area (Å²) < 4.78 is 32.2. The van der Waals surface area contributed by atoms with E-state index in [0.717, 1.165) is 6.20 Å². The fraction of sp³-hybridized carbons (Fsp3) is 0. The average molecular weight is 302 g/mol. The highest BCUT2D eigenvalue weighted by Gasteiger charge is 2.11. The molecule has 0 fully saturated rings. The topological polar surface area (TPSA) is 61.0 Å². The van der Waals surface area contributed by atoms with Gasteiger partial charge in [0, 0.05) is 4.47 Å². The van der Waals surface area contributed by atoms with E-state index in [1.807, 2.05) is 0 Å². The Kier molecular flexibility index (Phi) is 3.19. The molecule has 0 unspecified atom stereocenters. The highest BCUT2D eigenvalue weighted by molar-refractivity contribution is 9.10. The van der Waals surface area contributed by atoms with Gasteiger partial charge >= 0.3 is 0 Å². The molecule has 2 N–H and O–H groups in total. The normalized spacial score (nSPS) is 10.3. The van der Waals surface area contributed by atoms with Crippen LogP contribution in [0.2, 0.25) is 0 Å². The summed E-state index contributed by atoms with van der Waals surface area (Å²) in [5.74, 6) is -2.18. The summed E-state index contributed by atoms with van der Waals surface area (Å²) in [6.07, 6.45) is 0.856. The van der Waals surface area contributed by atoms with Crippen molar-refractivity contribution in [2.45, 2.75) is 0 Å². The van der Waals surface area contributed by atoms with E-state index in [9.17, 15) is 8.78 Å². The van der Waals surface area contributed by atoms with Crippen LogP contribution in [0.15, 0.2) is 28.9 Å². The summed E-state index contributed by atoms with van der Waals surface area (Å²) in [7, 11) is 0. The lowest BCUT2D eigenvalue weighted by Crippen LogP contribution is -2.00. The molecule has 0 spiro atoms. The third kappa shape index (κ3) is 2.68. The first-order valence-electron chi connectivity index (χ1n) is 4.47. The minimum atomic E-state index is -0.818. The van der Waals surface area contributed by atoms with Crippen molar-refractivity contribution in [1.82, 2.24) is 9.97 Å². The molecule has 0 amide bonds. The second kappa shape index (κ2) is 4.62. The van der Waals surface area contributed by atoms with Crippen LogP contribution in [0, 0.1) is 11.6 Å². The molecule has 17 heavy (non-hydrogen) atoms. The number of hydrogen-bond donors (Lipinski definition) is 1. The molecule has 0 aliphatic carbocycles. The number of anilines is 1. The van der Waals surface area contributed by atoms with Crippen LogP contribution in [0.5, 0.6) is 11.6 Å². The molecule has 1 heterocycles. The van der Waals surface area contributed by atoms with Crippen molar-refractivity contribution >= 4 is 21.9 Å². The maximum absolute atomic E-state index is 13.4. The first-order chi connectivity index (χ1) is 8.06. The van der Waals surface area contributed by atoms with Crippen LogP contribution in [0.4, 0.5) is 14.7 Å². The van der Waals surface area contributed by atoms with Gasteiger partial charge in [-0.2, -0.15) is 9.37 Å². The number of rotatable bonds is 2. The monoisotopic (exact) mass is 301 g/mol. The second-order valence-corrected chi connectivity index (χ2v) is 3.97. The molecular formula is C10H6BrF2N3O. The third-order valence-electron chi connectivity index (χ3n) is 1.83. The van der Waals surface area contributed by atoms with Gasteiger partial charge in [0.1, 0.15) is 0 Å². The Balaban J connectivity index is 2.34. The summed E-state index contributed by atoms with van der Waals surface area (Å²) in [6, 6.07) is 4.09. The average Bonchev–Trinajstić information content (AvgIpc) is 2.27. The van der Waals surface area contributed by atoms with Gasteiger partial charge in [0.25, 0.3) is 5.88 Å². The van der Waals surface area contributed by atoms with Crippen LogP contribution >= 0.6 is 15.9 Å². The molecule has 2 aromatic rings. The van der Waals surface area contributed by atoms with Gasteiger partial charge in [-0.15, -0.1) is 0 Å². The Labute approximate surface area is 104 Å². The van der Waals surface area contributed by atoms with Gasteiger partial charge in [-0.1, -0.05) is 15.9 Å². The zero-order valence-electron chi connectivity index (χ0n) is 8.32. The minimum absolute atomic E-state index is 0.148. The lowest BCUT2D eigenvalue weighted by Gasteiger charge is -2.06. The first-order valence-corrected chi connectivity index (χ1v) is 5.26. The van der Waals surface area contributed by atoms with E-state index in [0.29, 0.717) is 4.47 Å². The van der Waals surface area contributed by atoms with Crippen LogP contribution in [0.25, 0.3) is 0 Å². The Morgan fingerprint density at radius 2 is 2.00 bits per heavy atom. The Morgan fingerprint density at radius 1 is 1.24 bits per heavy atom. The van der Waals surface area contributed by atoms with E-state index >= 15 is 0 Å². The molecule has 4 nitrogen and oxygen atoms in total. The Bertz CT molecular complexity index is 565. The second-order valence-electron chi connectivity index (χ2n) is 3.06. The predicted octanol–water partition coefficient (Wildman–Crippen LogP) is 2.89. The maximum Gasteiger partial charge on any atom is 0.260 e. The van der Waals surface area contributed by atoms with E-state index in [-0.39, 0.29) is 11.7 Å². The van der Waals surface area contributed by atoms with Crippen molar-refractivity contribution in [3.05, 3.63) is 40.5 Å². The first kappa shape index (κ1) is 11.7. The van der Waals surface area contributed by atoms with Crippen LogP contribution in [-0.2, 0) is 0 Å². The molecule has 0 aliphatic heterocycles. The highest BCUT2D eigenvalue weighted by Crippen LogP contribution is 2.27. The van der Waals surface area contributed by atoms with Gasteiger partial charge in [0.2, 0.25) is 11.8 Å². The van der Waals surface area contributed by atoms with E-state index in [1.54, 1.807) is 6.07 Å². The van der Waals surface area contributed by atoms with E-state index in [4.69, 9.17) is 10.5 Å². The van der Waals surface area contributed by atoms with Gasteiger partial charge in [0.15, 0.2) is 11.6 Å². The van der Waals surface area contributed by atoms with Gasteiger partial charge in [0.05, 0.1) is 6.20 Å². The predicted molar refractivity (Wildman–Crippen MR) is 60.6 cm³/mol. The SMILES string of the molecule is Nc1ncc(F)c(Oc2ccc(Br)cc2F)n1. The number of hydrogen-bond acceptors (Lipinski definition) is 4. The van der Waals surface area contributed by atoms with Crippen molar-refractivity contribution in [2.75, 3.05) is 5.73 Å². The van der Waals surface area contributed by atoms with Gasteiger partial charge in [-0.25, -0.2) is 9.37 Å². The van der Waals surface area contributed by atoms with Crippen LogP contribution in [0.3, 0.4) is 0 Å². The lowest BCUT2D eigenvalue weighted by atomic mass is 10.3. The number of aromatic nitrogens is 2. The van der Waals surface area contributed by atoms with Crippen molar-refractivity contribution in [3.63, 3.8) is 0 Å². The van der Waals surface area contributed by atoms with E-state index in [2.05, 4.69) is 25.9 Å². The number of benzene rings is 1. The van der Waals surface area contributed by atoms with Gasteiger partial charge in [-0.3, -0.25) is 0 Å². The van der Waals surface area contributed by atoms with Gasteiger partial charge < -0.3 is 10.5 Å². The van der Waals surface area contributed by atoms with Crippen LogP contribution in [-0.4, -0.2) is 9.97 Å². The largest absolute Gasteiger partial charge is 0.433 e. The number of ether oxygens (including phenoxy) is 1. The van der Waals surface area contributed by atoms with Crippen molar-refractivity contribution in [3.8, 4) is 11.6 Å². The summed E-state index contributed by atoms with van der Waals surface area (Å²) in [4.78, 5) is 6.95. The van der Waals surface area contributed by atoms with Crippen molar-refractivity contribution in [2.24, 2.45) is 0 Å². The molecule has 0 bridgehead atoms. The van der Waals surface area contributed by atoms with Crippen molar-refractivity contribution < 1.29 is 13.5 Å². The number of nitrogens with zero attached hydrogens (tertiary/aromatic N) is 2. The number of nitrogens with two attached hydrogens (primary N) is 1. The Morgan fingerprint density at radius 3 is 2.71 bits per heavy atom. The standard InChI is InChI=1S/C10H6BrF2N3O/c11-5-1-2-8(6(12)3-5)17-9-7(13)4-15-10(14)16-9/h1-4H,(H2,14,15,16). The summed E-state index contributed by atoms with van der Waals surface area (Å²) in [6.45, 7) is 0. The fourth-order valence-corrected chi connectivity index (χ4v) is 1.43. The number of halogens is 3. The zero-order valence-corrected chi connectivity index (χ0v) is 9.91. The van der Waals surface area contributed by atoms with E-state index in [1.165, 1.54) is 12.1 Å². The summed E-state index contributed by atoms with van der Waals surface area (Å²) in [5, 5.41) is 0. The van der Waals surface area contributed by atoms with E-state index < -0.39 is 17.5 Å². The molecule has 2 rings (SSSR count). The highest BCUT2D eigenvalue weighted by atomic mass is 79.9. The molecule has 0 aliphatic rings. The zero-order chi connectivity index (χ0) is 12.4. The van der Waals surface area contributed by atoms with Crippen LogP contribution < -0.4 is 10.5 Å². The fourth-order valence-electron chi connectivity index (χ4n) is 1.10. The number of nitrogen functional groups attached to an aromatic ring is 1. The third-order valence-corrected chi connectivity index (χ3v) is 2.32. The quantitative estimate of drug-likeness (QED) is 0.926. The molecule has 1 aromatic carbocycles. The lowest BCUT2D eigenvalue weighted by molar-refractivity contribution is 0.397. The Hall–Kier alpha value is -1.76. The maximum atomic E-state index is 13.4. The van der Waals surface area contributed by atoms with Crippen LogP contribution in [0.1, 0.15) is 0 Å². The molecule has 88 valence electrons. The molecule has 0 radical (unpaired) electrons. The molecule has 0 atom stereocenters. The summed E-state index contributed by atoms with van der Waals surface area (Å²) in [5.41, 5.74) is 5.27. The molecule has 0 saturated heterocycles. The molecule has 0 saturated carbocycles. The molecule has 7 heteroatoms. The van der Waals surface area contributed by atoms with Gasteiger partial charge in [-0.05, 0) is 18.2 Å². The smallest absolute Gasteiger partial charge is 0.260 e. The molecule has 1 aromatic heterocycles. The van der Waals surface area contributed by atoms with Crippen molar-refractivity contribution in [1.29, 1.82) is 0 Å². The molecular weight excluding hydrogens is 296 g/mol. The minimum Gasteiger partial charge on any atom is -0.433 e. The summed E-state index contributed by atoms with van der Waals surface area (Å²) >= 11 is 3.09.